The van der Waals surface area contributed by atoms with Gasteiger partial charge in [0.2, 0.25) is 0 Å². The van der Waals surface area contributed by atoms with E-state index in [2.05, 4.69) is 10.3 Å². The van der Waals surface area contributed by atoms with Crippen molar-refractivity contribution in [3.05, 3.63) is 58.9 Å². The van der Waals surface area contributed by atoms with Crippen LogP contribution in [-0.4, -0.2) is 16.9 Å². The molecule has 1 aliphatic carbocycles. The molecule has 24 heavy (non-hydrogen) atoms. The Bertz CT molecular complexity index is 774. The first-order chi connectivity index (χ1) is 11.3. The third-order valence-electron chi connectivity index (χ3n) is 4.04. The molecule has 0 fully saturated rings. The van der Waals surface area contributed by atoms with Gasteiger partial charge in [0.05, 0.1) is 0 Å². The molecule has 0 aliphatic heterocycles. The second-order valence-corrected chi connectivity index (χ2v) is 5.87. The van der Waals surface area contributed by atoms with Gasteiger partial charge in [-0.2, -0.15) is 13.2 Å². The van der Waals surface area contributed by atoms with E-state index in [1.807, 2.05) is 12.1 Å². The highest BCUT2D eigenvalue weighted by Crippen LogP contribution is 2.28. The second kappa shape index (κ2) is 6.24. The van der Waals surface area contributed by atoms with E-state index in [4.69, 9.17) is 5.73 Å². The zero-order valence-corrected chi connectivity index (χ0v) is 12.7. The van der Waals surface area contributed by atoms with E-state index in [1.165, 1.54) is 6.07 Å². The monoisotopic (exact) mass is 335 g/mol. The van der Waals surface area contributed by atoms with Gasteiger partial charge in [0, 0.05) is 23.5 Å². The predicted octanol–water partition coefficient (Wildman–Crippen LogP) is 3.17. The van der Waals surface area contributed by atoms with Gasteiger partial charge in [0.25, 0.3) is 5.91 Å². The molecule has 0 spiro atoms. The average Bonchev–Trinajstić information content (AvgIpc) is 2.54. The molecule has 3 rings (SSSR count). The number of carbonyl (C=O) groups is 1. The largest absolute Gasteiger partial charge is 0.433 e. The van der Waals surface area contributed by atoms with Crippen LogP contribution in [-0.2, 0) is 19.0 Å². The maximum absolute atomic E-state index is 12.7. The molecule has 0 radical (unpaired) electrons. The molecule has 1 aromatic heterocycles. The molecule has 3 N–H and O–H groups in total. The molecule has 1 aliphatic rings. The zero-order chi connectivity index (χ0) is 17.3. The van der Waals surface area contributed by atoms with Crippen molar-refractivity contribution < 1.29 is 18.0 Å². The number of benzene rings is 1. The fourth-order valence-electron chi connectivity index (χ4n) is 2.79. The number of amides is 1. The molecular formula is C17H16F3N3O. The standard InChI is InChI=1S/C17H16F3N3O/c18-17(19,20)15-9-12(5-6-22-15)16(24)23-14-4-2-10-7-13(21)3-1-11(10)8-14/h2,4-6,8-9,13H,1,3,7,21H2,(H,23,24). The fraction of sp³-hybridized carbons (Fsp3) is 0.294. The Hall–Kier alpha value is -2.41. The minimum absolute atomic E-state index is 0.0860. The lowest BCUT2D eigenvalue weighted by Crippen LogP contribution is -2.27. The lowest BCUT2D eigenvalue weighted by atomic mass is 9.88. The summed E-state index contributed by atoms with van der Waals surface area (Å²) < 4.78 is 38.0. The Morgan fingerprint density at radius 2 is 2.00 bits per heavy atom. The maximum Gasteiger partial charge on any atom is 0.433 e. The quantitative estimate of drug-likeness (QED) is 0.886. The van der Waals surface area contributed by atoms with Crippen molar-refractivity contribution in [3.63, 3.8) is 0 Å². The molecular weight excluding hydrogens is 319 g/mol. The molecule has 1 amide bonds. The lowest BCUT2D eigenvalue weighted by Gasteiger charge is -2.22. The van der Waals surface area contributed by atoms with Crippen molar-refractivity contribution in [1.29, 1.82) is 0 Å². The van der Waals surface area contributed by atoms with Crippen LogP contribution in [0.5, 0.6) is 0 Å². The number of hydrogen-bond acceptors (Lipinski definition) is 3. The van der Waals surface area contributed by atoms with Crippen LogP contribution < -0.4 is 11.1 Å². The summed E-state index contributed by atoms with van der Waals surface area (Å²) in [4.78, 5) is 15.4. The molecule has 1 heterocycles. The van der Waals surface area contributed by atoms with Gasteiger partial charge < -0.3 is 11.1 Å². The Labute approximate surface area is 136 Å². The number of halogens is 3. The summed E-state index contributed by atoms with van der Waals surface area (Å²) in [5.41, 5.74) is 7.57. The van der Waals surface area contributed by atoms with Gasteiger partial charge in [-0.3, -0.25) is 9.78 Å². The van der Waals surface area contributed by atoms with Crippen molar-refractivity contribution in [3.8, 4) is 0 Å². The summed E-state index contributed by atoms with van der Waals surface area (Å²) in [6.07, 6.45) is -1.10. The van der Waals surface area contributed by atoms with Crippen molar-refractivity contribution >= 4 is 11.6 Å². The molecule has 7 heteroatoms. The van der Waals surface area contributed by atoms with E-state index in [0.717, 1.165) is 42.7 Å². The second-order valence-electron chi connectivity index (χ2n) is 5.87. The Kier molecular flexibility index (Phi) is 4.28. The summed E-state index contributed by atoms with van der Waals surface area (Å²) in [7, 11) is 0. The summed E-state index contributed by atoms with van der Waals surface area (Å²) in [5.74, 6) is -0.602. The first-order valence-corrected chi connectivity index (χ1v) is 7.55. The molecule has 1 aromatic carbocycles. The summed E-state index contributed by atoms with van der Waals surface area (Å²) in [5, 5.41) is 2.63. The van der Waals surface area contributed by atoms with Gasteiger partial charge in [-0.1, -0.05) is 6.07 Å². The average molecular weight is 335 g/mol. The van der Waals surface area contributed by atoms with Crippen molar-refractivity contribution in [2.24, 2.45) is 5.73 Å². The number of rotatable bonds is 2. The summed E-state index contributed by atoms with van der Waals surface area (Å²) in [6, 6.07) is 7.63. The van der Waals surface area contributed by atoms with E-state index in [1.54, 1.807) is 6.07 Å². The first kappa shape index (κ1) is 16.4. The van der Waals surface area contributed by atoms with Crippen LogP contribution in [0, 0.1) is 0 Å². The maximum atomic E-state index is 12.7. The smallest absolute Gasteiger partial charge is 0.327 e. The number of fused-ring (bicyclic) bond motifs is 1. The van der Waals surface area contributed by atoms with Crippen LogP contribution in [0.25, 0.3) is 0 Å². The normalized spacial score (nSPS) is 17.2. The minimum Gasteiger partial charge on any atom is -0.327 e. The number of alkyl halides is 3. The molecule has 126 valence electrons. The number of carbonyl (C=O) groups excluding carboxylic acids is 1. The Balaban J connectivity index is 1.78. The van der Waals surface area contributed by atoms with Gasteiger partial charge in [0.15, 0.2) is 0 Å². The van der Waals surface area contributed by atoms with E-state index < -0.39 is 17.8 Å². The SMILES string of the molecule is NC1CCc2cc(NC(=O)c3ccnc(C(F)(F)F)c3)ccc2C1. The summed E-state index contributed by atoms with van der Waals surface area (Å²) in [6.45, 7) is 0. The van der Waals surface area contributed by atoms with Crippen molar-refractivity contribution in [2.45, 2.75) is 31.5 Å². The molecule has 0 bridgehead atoms. The first-order valence-electron chi connectivity index (χ1n) is 7.55. The van der Waals surface area contributed by atoms with Gasteiger partial charge in [0.1, 0.15) is 5.69 Å². The molecule has 1 unspecified atom stereocenters. The van der Waals surface area contributed by atoms with E-state index in [9.17, 15) is 18.0 Å². The van der Waals surface area contributed by atoms with E-state index >= 15 is 0 Å². The van der Waals surface area contributed by atoms with Crippen LogP contribution in [0.4, 0.5) is 18.9 Å². The topological polar surface area (TPSA) is 68.0 Å². The number of anilines is 1. The number of aromatic nitrogens is 1. The van der Waals surface area contributed by atoms with Crippen LogP contribution in [0.1, 0.15) is 33.6 Å². The fourth-order valence-corrected chi connectivity index (χ4v) is 2.79. The highest BCUT2D eigenvalue weighted by Gasteiger charge is 2.33. The Morgan fingerprint density at radius 1 is 1.21 bits per heavy atom. The summed E-state index contributed by atoms with van der Waals surface area (Å²) >= 11 is 0. The molecule has 0 saturated heterocycles. The van der Waals surface area contributed by atoms with Crippen LogP contribution in [0.15, 0.2) is 36.5 Å². The van der Waals surface area contributed by atoms with Crippen molar-refractivity contribution in [1.82, 2.24) is 4.98 Å². The van der Waals surface area contributed by atoms with E-state index in [-0.39, 0.29) is 11.6 Å². The third kappa shape index (κ3) is 3.56. The number of nitrogens with zero attached hydrogens (tertiary/aromatic N) is 1. The highest BCUT2D eigenvalue weighted by molar-refractivity contribution is 6.04. The zero-order valence-electron chi connectivity index (χ0n) is 12.7. The number of nitrogens with one attached hydrogen (secondary N) is 1. The van der Waals surface area contributed by atoms with E-state index in [0.29, 0.717) is 5.69 Å². The highest BCUT2D eigenvalue weighted by atomic mass is 19.4. The molecule has 0 saturated carbocycles. The van der Waals surface area contributed by atoms with Crippen molar-refractivity contribution in [2.75, 3.05) is 5.32 Å². The van der Waals surface area contributed by atoms with Crippen LogP contribution in [0.2, 0.25) is 0 Å². The van der Waals surface area contributed by atoms with Crippen LogP contribution in [0.3, 0.4) is 0 Å². The van der Waals surface area contributed by atoms with Gasteiger partial charge >= 0.3 is 6.18 Å². The third-order valence-corrected chi connectivity index (χ3v) is 4.04. The van der Waals surface area contributed by atoms with Gasteiger partial charge in [-0.25, -0.2) is 0 Å². The van der Waals surface area contributed by atoms with Crippen LogP contribution >= 0.6 is 0 Å². The van der Waals surface area contributed by atoms with Gasteiger partial charge in [-0.05, 0) is 54.7 Å². The minimum atomic E-state index is -4.58. The predicted molar refractivity (Wildman–Crippen MR) is 83.6 cm³/mol. The molecule has 4 nitrogen and oxygen atoms in total. The Morgan fingerprint density at radius 3 is 2.75 bits per heavy atom. The van der Waals surface area contributed by atoms with Gasteiger partial charge in [-0.15, -0.1) is 0 Å². The number of hydrogen-bond donors (Lipinski definition) is 2. The lowest BCUT2D eigenvalue weighted by molar-refractivity contribution is -0.141. The molecule has 2 aromatic rings. The number of pyridine rings is 1. The number of aryl methyl sites for hydroxylation is 1. The molecule has 1 atom stereocenters. The number of nitrogens with two attached hydrogens (primary N) is 1.